The van der Waals surface area contributed by atoms with E-state index in [1.165, 1.54) is 0 Å². The molecule has 2 fully saturated rings. The standard InChI is InChI=1S/C8H13NO5/c9-8(7(13)14)3-1-2(6(8)12)4(10)5(3)11/h2-6,10-12H,1,9H2,(H,13,14)/t2-,3+,4+,5+,6-,8+/m0/s1. The molecule has 0 spiro atoms. The number of aliphatic hydroxyl groups excluding tert-OH is 3. The van der Waals surface area contributed by atoms with Crippen molar-refractivity contribution in [2.45, 2.75) is 30.3 Å². The average Bonchev–Trinajstić information content (AvgIpc) is 2.54. The van der Waals surface area contributed by atoms with Crippen LogP contribution in [0.3, 0.4) is 0 Å². The Morgan fingerprint density at radius 1 is 1.29 bits per heavy atom. The number of carbonyl (C=O) groups is 1. The molecule has 6 nitrogen and oxygen atoms in total. The number of fused-ring (bicyclic) bond motifs is 2. The second kappa shape index (κ2) is 2.66. The van der Waals surface area contributed by atoms with E-state index in [4.69, 9.17) is 10.8 Å². The maximum Gasteiger partial charge on any atom is 0.326 e. The Labute approximate surface area is 80.0 Å². The van der Waals surface area contributed by atoms with Gasteiger partial charge in [0, 0.05) is 11.8 Å². The third-order valence-corrected chi connectivity index (χ3v) is 3.61. The molecule has 6 heteroatoms. The Kier molecular flexibility index (Phi) is 1.87. The molecule has 0 amide bonds. The van der Waals surface area contributed by atoms with Crippen LogP contribution in [0.15, 0.2) is 0 Å². The van der Waals surface area contributed by atoms with E-state index in [1.807, 2.05) is 0 Å². The summed E-state index contributed by atoms with van der Waals surface area (Å²) in [6, 6.07) is 0. The highest BCUT2D eigenvalue weighted by atomic mass is 16.4. The molecule has 2 aliphatic carbocycles. The van der Waals surface area contributed by atoms with Gasteiger partial charge in [-0.3, -0.25) is 4.79 Å². The number of hydrogen-bond donors (Lipinski definition) is 5. The fraction of sp³-hybridized carbons (Fsp3) is 0.875. The largest absolute Gasteiger partial charge is 0.480 e. The van der Waals surface area contributed by atoms with Crippen LogP contribution in [0.25, 0.3) is 0 Å². The Morgan fingerprint density at radius 3 is 2.29 bits per heavy atom. The van der Waals surface area contributed by atoms with Crippen molar-refractivity contribution in [2.24, 2.45) is 17.6 Å². The third-order valence-electron chi connectivity index (χ3n) is 3.61. The van der Waals surface area contributed by atoms with Gasteiger partial charge in [0.25, 0.3) is 0 Å². The molecule has 0 aliphatic heterocycles. The first kappa shape index (κ1) is 9.85. The van der Waals surface area contributed by atoms with E-state index >= 15 is 0 Å². The summed E-state index contributed by atoms with van der Waals surface area (Å²) in [5.74, 6) is -2.73. The monoisotopic (exact) mass is 203 g/mol. The highest BCUT2D eigenvalue weighted by molar-refractivity contribution is 5.81. The van der Waals surface area contributed by atoms with Gasteiger partial charge in [0.1, 0.15) is 5.54 Å². The van der Waals surface area contributed by atoms with Crippen LogP contribution in [0.1, 0.15) is 6.42 Å². The molecule has 2 aliphatic rings. The molecule has 0 aromatic heterocycles. The maximum atomic E-state index is 10.9. The highest BCUT2D eigenvalue weighted by Gasteiger charge is 2.67. The molecule has 6 N–H and O–H groups in total. The Balaban J connectivity index is 2.37. The third kappa shape index (κ3) is 0.864. The first-order valence-corrected chi connectivity index (χ1v) is 4.47. The molecular weight excluding hydrogens is 190 g/mol. The minimum absolute atomic E-state index is 0.256. The summed E-state index contributed by atoms with van der Waals surface area (Å²) in [7, 11) is 0. The van der Waals surface area contributed by atoms with Gasteiger partial charge in [-0.2, -0.15) is 0 Å². The molecule has 0 radical (unpaired) electrons. The molecule has 80 valence electrons. The fourth-order valence-corrected chi connectivity index (χ4v) is 2.72. The smallest absolute Gasteiger partial charge is 0.326 e. The van der Waals surface area contributed by atoms with E-state index in [-0.39, 0.29) is 6.42 Å². The number of nitrogens with two attached hydrogens (primary N) is 1. The zero-order valence-corrected chi connectivity index (χ0v) is 7.37. The van der Waals surface area contributed by atoms with Crippen LogP contribution < -0.4 is 5.73 Å². The predicted molar refractivity (Wildman–Crippen MR) is 44.2 cm³/mol. The lowest BCUT2D eigenvalue weighted by Crippen LogP contribution is -2.66. The van der Waals surface area contributed by atoms with Crippen molar-refractivity contribution < 1.29 is 25.2 Å². The van der Waals surface area contributed by atoms with Crippen LogP contribution in [-0.2, 0) is 4.79 Å². The zero-order chi connectivity index (χ0) is 10.7. The van der Waals surface area contributed by atoms with E-state index in [9.17, 15) is 20.1 Å². The quantitative estimate of drug-likeness (QED) is 0.321. The van der Waals surface area contributed by atoms with E-state index < -0.39 is 41.7 Å². The summed E-state index contributed by atoms with van der Waals surface area (Å²) in [4.78, 5) is 10.9. The Morgan fingerprint density at radius 2 is 1.86 bits per heavy atom. The van der Waals surface area contributed by atoms with Crippen molar-refractivity contribution >= 4 is 5.97 Å². The summed E-state index contributed by atoms with van der Waals surface area (Å²) in [5, 5.41) is 37.4. The number of hydrogen-bond acceptors (Lipinski definition) is 5. The van der Waals surface area contributed by atoms with Gasteiger partial charge >= 0.3 is 5.97 Å². The van der Waals surface area contributed by atoms with E-state index in [0.29, 0.717) is 0 Å². The summed E-state index contributed by atoms with van der Waals surface area (Å²) >= 11 is 0. The maximum absolute atomic E-state index is 10.9. The molecule has 0 unspecified atom stereocenters. The van der Waals surface area contributed by atoms with Crippen LogP contribution in [0.4, 0.5) is 0 Å². The van der Waals surface area contributed by atoms with Crippen LogP contribution >= 0.6 is 0 Å². The van der Waals surface area contributed by atoms with Crippen LogP contribution in [0.5, 0.6) is 0 Å². The van der Waals surface area contributed by atoms with Gasteiger partial charge in [-0.05, 0) is 6.42 Å². The van der Waals surface area contributed by atoms with E-state index in [0.717, 1.165) is 0 Å². The summed E-state index contributed by atoms with van der Waals surface area (Å²) in [6.45, 7) is 0. The van der Waals surface area contributed by atoms with Gasteiger partial charge in [-0.15, -0.1) is 0 Å². The van der Waals surface area contributed by atoms with Gasteiger partial charge in [0.05, 0.1) is 18.3 Å². The van der Waals surface area contributed by atoms with E-state index in [1.54, 1.807) is 0 Å². The van der Waals surface area contributed by atoms with Crippen molar-refractivity contribution in [2.75, 3.05) is 0 Å². The molecule has 14 heavy (non-hydrogen) atoms. The van der Waals surface area contributed by atoms with Crippen LogP contribution in [0.2, 0.25) is 0 Å². The van der Waals surface area contributed by atoms with Crippen molar-refractivity contribution in [1.29, 1.82) is 0 Å². The number of aliphatic carboxylic acids is 1. The molecule has 2 bridgehead atoms. The summed E-state index contributed by atoms with van der Waals surface area (Å²) in [5.41, 5.74) is 3.75. The SMILES string of the molecule is N[C@]1(C(=O)O)[C@@H]2C[C@@H]([C@@H](O)[C@@H]2O)[C@@H]1O. The number of carboxylic acid groups (broad SMARTS) is 1. The molecule has 0 saturated heterocycles. The minimum Gasteiger partial charge on any atom is -0.480 e. The highest BCUT2D eigenvalue weighted by Crippen LogP contribution is 2.49. The second-order valence-electron chi connectivity index (χ2n) is 4.17. The topological polar surface area (TPSA) is 124 Å². The molecule has 0 aromatic rings. The van der Waals surface area contributed by atoms with Crippen molar-refractivity contribution in [3.63, 3.8) is 0 Å². The van der Waals surface area contributed by atoms with Gasteiger partial charge in [-0.25, -0.2) is 0 Å². The lowest BCUT2D eigenvalue weighted by atomic mass is 9.77. The number of rotatable bonds is 1. The minimum atomic E-state index is -1.82. The van der Waals surface area contributed by atoms with E-state index in [2.05, 4.69) is 0 Å². The second-order valence-corrected chi connectivity index (χ2v) is 4.17. The zero-order valence-electron chi connectivity index (χ0n) is 7.37. The summed E-state index contributed by atoms with van der Waals surface area (Å²) < 4.78 is 0. The van der Waals surface area contributed by atoms with Crippen molar-refractivity contribution in [3.8, 4) is 0 Å². The van der Waals surface area contributed by atoms with Crippen molar-refractivity contribution in [1.82, 2.24) is 0 Å². The van der Waals surface area contributed by atoms with Gasteiger partial charge < -0.3 is 26.2 Å². The summed E-state index contributed by atoms with van der Waals surface area (Å²) in [6.07, 6.45) is -3.24. The molecular formula is C8H13NO5. The fourth-order valence-electron chi connectivity index (χ4n) is 2.72. The van der Waals surface area contributed by atoms with Gasteiger partial charge in [0.2, 0.25) is 0 Å². The van der Waals surface area contributed by atoms with Gasteiger partial charge in [-0.1, -0.05) is 0 Å². The van der Waals surface area contributed by atoms with Crippen LogP contribution in [-0.4, -0.2) is 50.2 Å². The van der Waals surface area contributed by atoms with Crippen LogP contribution in [0, 0.1) is 11.8 Å². The molecule has 2 rings (SSSR count). The predicted octanol–water partition coefficient (Wildman–Crippen LogP) is -2.50. The average molecular weight is 203 g/mol. The lowest BCUT2D eigenvalue weighted by molar-refractivity contribution is -0.160. The van der Waals surface area contributed by atoms with Crippen molar-refractivity contribution in [3.05, 3.63) is 0 Å². The number of aliphatic hydroxyl groups is 3. The normalized spacial score (nSPS) is 56.4. The van der Waals surface area contributed by atoms with Gasteiger partial charge in [0.15, 0.2) is 0 Å². The first-order valence-electron chi connectivity index (χ1n) is 4.47. The first-order chi connectivity index (χ1) is 6.40. The molecule has 2 saturated carbocycles. The molecule has 0 aromatic carbocycles. The number of carboxylic acids is 1. The Bertz CT molecular complexity index is 283. The molecule has 0 heterocycles. The molecule has 6 atom stereocenters. The lowest BCUT2D eigenvalue weighted by Gasteiger charge is -2.38. The Hall–Kier alpha value is -0.690.